The Balaban J connectivity index is 2.59. The van der Waals surface area contributed by atoms with E-state index in [1.165, 1.54) is 20.0 Å². The molecule has 1 atom stereocenters. The van der Waals surface area contributed by atoms with Gasteiger partial charge in [-0.2, -0.15) is 0 Å². The van der Waals surface area contributed by atoms with Crippen molar-refractivity contribution < 1.29 is 19.1 Å². The van der Waals surface area contributed by atoms with E-state index in [0.717, 1.165) is 24.8 Å². The first kappa shape index (κ1) is 19.2. The number of unbranched alkanes of at least 4 members (excludes halogenated alkanes) is 3. The molecule has 0 spiro atoms. The normalized spacial score (nSPS) is 11.9. The fourth-order valence-corrected chi connectivity index (χ4v) is 2.40. The van der Waals surface area contributed by atoms with Crippen molar-refractivity contribution in [2.24, 2.45) is 5.73 Å². The van der Waals surface area contributed by atoms with E-state index in [-0.39, 0.29) is 18.7 Å². The van der Waals surface area contributed by atoms with Crippen LogP contribution in [0.25, 0.3) is 0 Å². The van der Waals surface area contributed by atoms with Gasteiger partial charge in [0, 0.05) is 0 Å². The van der Waals surface area contributed by atoms with Crippen LogP contribution in [0.5, 0.6) is 0 Å². The van der Waals surface area contributed by atoms with E-state index in [1.54, 1.807) is 12.1 Å². The number of primary amides is 1. The maximum absolute atomic E-state index is 11.4. The number of hydrogen-bond acceptors (Lipinski definition) is 4. The number of methoxy groups -OCH3 is 1. The highest BCUT2D eigenvalue weighted by molar-refractivity contribution is 5.89. The summed E-state index contributed by atoms with van der Waals surface area (Å²) in [6.45, 7) is 2.11. The largest absolute Gasteiger partial charge is 0.465 e. The van der Waals surface area contributed by atoms with Crippen molar-refractivity contribution in [2.75, 3.05) is 13.7 Å². The van der Waals surface area contributed by atoms with Gasteiger partial charge in [-0.15, -0.1) is 0 Å². The molecule has 0 saturated heterocycles. The molecule has 1 unspecified atom stereocenters. The summed E-state index contributed by atoms with van der Waals surface area (Å²) in [5.41, 5.74) is 6.74. The molecule has 0 saturated carbocycles. The second kappa shape index (κ2) is 10.8. The third-order valence-electron chi connectivity index (χ3n) is 3.68. The van der Waals surface area contributed by atoms with Crippen LogP contribution < -0.4 is 5.73 Å². The van der Waals surface area contributed by atoms with Gasteiger partial charge in [-0.25, -0.2) is 4.79 Å². The maximum Gasteiger partial charge on any atom is 0.337 e. The second-order valence-electron chi connectivity index (χ2n) is 5.64. The van der Waals surface area contributed by atoms with Crippen molar-refractivity contribution in [3.05, 3.63) is 35.4 Å². The summed E-state index contributed by atoms with van der Waals surface area (Å²) in [5, 5.41) is 0. The Morgan fingerprint density at radius 1 is 1.13 bits per heavy atom. The number of carbonyl (C=O) groups is 2. The number of benzene rings is 1. The number of carbonyl (C=O) groups excluding carboxylic acids is 2. The third-order valence-corrected chi connectivity index (χ3v) is 3.68. The van der Waals surface area contributed by atoms with E-state index in [9.17, 15) is 9.59 Å². The second-order valence-corrected chi connectivity index (χ2v) is 5.64. The fourth-order valence-electron chi connectivity index (χ4n) is 2.40. The molecule has 0 radical (unpaired) electrons. The molecular weight excluding hydrogens is 294 g/mol. The Morgan fingerprint density at radius 3 is 2.39 bits per heavy atom. The summed E-state index contributed by atoms with van der Waals surface area (Å²) in [6, 6.07) is 7.25. The van der Waals surface area contributed by atoms with Crippen LogP contribution in [0, 0.1) is 0 Å². The summed E-state index contributed by atoms with van der Waals surface area (Å²) >= 11 is 0. The monoisotopic (exact) mass is 321 g/mol. The summed E-state index contributed by atoms with van der Waals surface area (Å²) < 4.78 is 10.3. The van der Waals surface area contributed by atoms with Gasteiger partial charge in [0.1, 0.15) is 6.61 Å². The van der Waals surface area contributed by atoms with Gasteiger partial charge in [0.2, 0.25) is 5.91 Å². The molecule has 1 rings (SSSR count). The molecule has 23 heavy (non-hydrogen) atoms. The van der Waals surface area contributed by atoms with E-state index in [4.69, 9.17) is 10.5 Å². The molecule has 1 amide bonds. The molecule has 1 aromatic carbocycles. The van der Waals surface area contributed by atoms with Crippen molar-refractivity contribution in [3.8, 4) is 0 Å². The smallest absolute Gasteiger partial charge is 0.337 e. The van der Waals surface area contributed by atoms with Crippen molar-refractivity contribution in [3.63, 3.8) is 0 Å². The molecule has 0 aliphatic carbocycles. The molecule has 0 aromatic heterocycles. The van der Waals surface area contributed by atoms with E-state index >= 15 is 0 Å². The number of amides is 1. The molecule has 128 valence electrons. The molecule has 1 aromatic rings. The SMILES string of the molecule is CCCCCCC(Cc1ccc(C(=O)OC)cc1)OCC(N)=O. The van der Waals surface area contributed by atoms with Crippen LogP contribution in [0.2, 0.25) is 0 Å². The lowest BCUT2D eigenvalue weighted by Crippen LogP contribution is -2.25. The summed E-state index contributed by atoms with van der Waals surface area (Å²) in [7, 11) is 1.36. The average Bonchev–Trinajstić information content (AvgIpc) is 2.56. The molecular formula is C18H27NO4. The van der Waals surface area contributed by atoms with Crippen LogP contribution in [0.4, 0.5) is 0 Å². The maximum atomic E-state index is 11.4. The van der Waals surface area contributed by atoms with Gasteiger partial charge < -0.3 is 15.2 Å². The predicted octanol–water partition coefficient (Wildman–Crippen LogP) is 2.86. The summed E-state index contributed by atoms with van der Waals surface area (Å²) in [5.74, 6) is -0.803. The van der Waals surface area contributed by atoms with Crippen molar-refractivity contribution in [1.29, 1.82) is 0 Å². The lowest BCUT2D eigenvalue weighted by molar-refractivity contribution is -0.124. The Labute approximate surface area is 138 Å². The van der Waals surface area contributed by atoms with Gasteiger partial charge in [0.05, 0.1) is 18.8 Å². The predicted molar refractivity (Wildman–Crippen MR) is 89.2 cm³/mol. The Hall–Kier alpha value is -1.88. The lowest BCUT2D eigenvalue weighted by atomic mass is 10.0. The topological polar surface area (TPSA) is 78.6 Å². The van der Waals surface area contributed by atoms with Gasteiger partial charge in [-0.3, -0.25) is 4.79 Å². The van der Waals surface area contributed by atoms with Gasteiger partial charge >= 0.3 is 5.97 Å². The minimum Gasteiger partial charge on any atom is -0.465 e. The van der Waals surface area contributed by atoms with Crippen molar-refractivity contribution in [2.45, 2.75) is 51.6 Å². The number of nitrogens with two attached hydrogens (primary N) is 1. The van der Waals surface area contributed by atoms with Crippen LogP contribution in [-0.2, 0) is 20.7 Å². The zero-order valence-electron chi connectivity index (χ0n) is 14.0. The lowest BCUT2D eigenvalue weighted by Gasteiger charge is -2.17. The molecule has 0 aliphatic heterocycles. The first-order chi connectivity index (χ1) is 11.1. The van der Waals surface area contributed by atoms with Crippen LogP contribution >= 0.6 is 0 Å². The highest BCUT2D eigenvalue weighted by Gasteiger charge is 2.12. The molecule has 0 bridgehead atoms. The van der Waals surface area contributed by atoms with Crippen LogP contribution in [0.15, 0.2) is 24.3 Å². The van der Waals surface area contributed by atoms with Crippen LogP contribution in [0.1, 0.15) is 54.9 Å². The van der Waals surface area contributed by atoms with Gasteiger partial charge in [-0.1, -0.05) is 44.7 Å². The third kappa shape index (κ3) is 7.79. The van der Waals surface area contributed by atoms with E-state index in [2.05, 4.69) is 11.7 Å². The minimum absolute atomic E-state index is 0.0386. The van der Waals surface area contributed by atoms with Crippen LogP contribution in [0.3, 0.4) is 0 Å². The zero-order valence-corrected chi connectivity index (χ0v) is 14.0. The molecule has 0 aliphatic rings. The average molecular weight is 321 g/mol. The first-order valence-corrected chi connectivity index (χ1v) is 8.14. The minimum atomic E-state index is -0.454. The Kier molecular flexibility index (Phi) is 8.98. The quantitative estimate of drug-likeness (QED) is 0.502. The van der Waals surface area contributed by atoms with Gasteiger partial charge in [0.15, 0.2) is 0 Å². The van der Waals surface area contributed by atoms with Crippen molar-refractivity contribution in [1.82, 2.24) is 0 Å². The first-order valence-electron chi connectivity index (χ1n) is 8.14. The van der Waals surface area contributed by atoms with Crippen molar-refractivity contribution >= 4 is 11.9 Å². The van der Waals surface area contributed by atoms with E-state index in [1.807, 2.05) is 12.1 Å². The van der Waals surface area contributed by atoms with Gasteiger partial charge in [0.25, 0.3) is 0 Å². The summed E-state index contributed by atoms with van der Waals surface area (Å²) in [6.07, 6.45) is 6.17. The Morgan fingerprint density at radius 2 is 1.83 bits per heavy atom. The summed E-state index contributed by atoms with van der Waals surface area (Å²) in [4.78, 5) is 22.4. The fraction of sp³-hybridized carbons (Fsp3) is 0.556. The van der Waals surface area contributed by atoms with E-state index < -0.39 is 5.91 Å². The number of esters is 1. The molecule has 0 fully saturated rings. The van der Waals surface area contributed by atoms with Gasteiger partial charge in [-0.05, 0) is 30.5 Å². The highest BCUT2D eigenvalue weighted by atomic mass is 16.5. The number of ether oxygens (including phenoxy) is 2. The Bertz CT molecular complexity index is 484. The molecule has 2 N–H and O–H groups in total. The number of hydrogen-bond donors (Lipinski definition) is 1. The zero-order chi connectivity index (χ0) is 17.1. The standard InChI is InChI=1S/C18H27NO4/c1-3-4-5-6-7-16(23-13-17(19)20)12-14-8-10-15(11-9-14)18(21)22-2/h8-11,16H,3-7,12-13H2,1-2H3,(H2,19,20). The number of rotatable bonds is 11. The van der Waals surface area contributed by atoms with Crippen LogP contribution in [-0.4, -0.2) is 31.7 Å². The highest BCUT2D eigenvalue weighted by Crippen LogP contribution is 2.15. The molecule has 0 heterocycles. The van der Waals surface area contributed by atoms with E-state index in [0.29, 0.717) is 12.0 Å². The molecule has 5 heteroatoms. The molecule has 5 nitrogen and oxygen atoms in total.